The Balaban J connectivity index is 0.00000385. The summed E-state index contributed by atoms with van der Waals surface area (Å²) in [4.78, 5) is 23.8. The second kappa shape index (κ2) is 13.8. The van der Waals surface area contributed by atoms with Gasteiger partial charge in [-0.3, -0.25) is 14.7 Å². The molecule has 186 valence electrons. The molecule has 1 aromatic carbocycles. The molecule has 2 aliphatic rings. The number of halogens is 1. The van der Waals surface area contributed by atoms with Crippen LogP contribution in [0.5, 0.6) is 11.5 Å². The first-order chi connectivity index (χ1) is 15.6. The zero-order valence-corrected chi connectivity index (χ0v) is 22.8. The van der Waals surface area contributed by atoms with Crippen LogP contribution in [-0.2, 0) is 11.3 Å². The van der Waals surface area contributed by atoms with E-state index in [9.17, 15) is 4.79 Å². The number of piperazine rings is 1. The molecule has 2 fully saturated rings. The monoisotopic (exact) mass is 573 g/mol. The molecule has 2 aliphatic heterocycles. The Labute approximate surface area is 215 Å². The average Bonchev–Trinajstić information content (AvgIpc) is 3.38. The zero-order valence-electron chi connectivity index (χ0n) is 20.5. The Kier molecular flexibility index (Phi) is 11.5. The van der Waals surface area contributed by atoms with Crippen LogP contribution in [0.1, 0.15) is 38.7 Å². The molecule has 1 amide bonds. The van der Waals surface area contributed by atoms with E-state index >= 15 is 0 Å². The fourth-order valence-electron chi connectivity index (χ4n) is 4.35. The van der Waals surface area contributed by atoms with Crippen molar-refractivity contribution in [3.05, 3.63) is 23.8 Å². The lowest BCUT2D eigenvalue weighted by atomic mass is 10.2. The van der Waals surface area contributed by atoms with Crippen LogP contribution < -0.4 is 14.8 Å². The van der Waals surface area contributed by atoms with Gasteiger partial charge in [0, 0.05) is 52.9 Å². The lowest BCUT2D eigenvalue weighted by molar-refractivity contribution is -0.135. The van der Waals surface area contributed by atoms with Gasteiger partial charge in [0.2, 0.25) is 5.91 Å². The van der Waals surface area contributed by atoms with Crippen molar-refractivity contribution < 1.29 is 14.3 Å². The van der Waals surface area contributed by atoms with Gasteiger partial charge >= 0.3 is 0 Å². The molecule has 0 radical (unpaired) electrons. The van der Waals surface area contributed by atoms with Crippen LogP contribution in [0, 0.1) is 0 Å². The summed E-state index contributed by atoms with van der Waals surface area (Å²) in [5.74, 6) is 2.68. The molecule has 1 unspecified atom stereocenters. The average molecular weight is 574 g/mol. The van der Waals surface area contributed by atoms with Crippen molar-refractivity contribution in [1.82, 2.24) is 20.0 Å². The highest BCUT2D eigenvalue weighted by Crippen LogP contribution is 2.28. The third kappa shape index (κ3) is 7.37. The number of guanidine groups is 1. The minimum atomic E-state index is -0.0499. The van der Waals surface area contributed by atoms with Gasteiger partial charge in [0.05, 0.1) is 19.8 Å². The Hall–Kier alpha value is -1.75. The summed E-state index contributed by atoms with van der Waals surface area (Å²) >= 11 is 0. The molecule has 1 N–H and O–H groups in total. The van der Waals surface area contributed by atoms with Gasteiger partial charge in [0.25, 0.3) is 0 Å². The third-order valence-corrected chi connectivity index (χ3v) is 6.29. The van der Waals surface area contributed by atoms with Gasteiger partial charge in [-0.05, 0) is 43.9 Å². The van der Waals surface area contributed by atoms with Crippen molar-refractivity contribution in [2.24, 2.45) is 4.99 Å². The SMILES string of the molecule is CCCOc1ccc(CNC(=NC)N2CCN(C(C)C(=O)N3CCCC3)CC2)cc1OC.I. The number of hydrogen-bond acceptors (Lipinski definition) is 5. The van der Waals surface area contributed by atoms with Crippen molar-refractivity contribution in [2.45, 2.75) is 45.7 Å². The molecule has 2 saturated heterocycles. The highest BCUT2D eigenvalue weighted by Gasteiger charge is 2.30. The number of methoxy groups -OCH3 is 1. The largest absolute Gasteiger partial charge is 0.493 e. The van der Waals surface area contributed by atoms with E-state index in [2.05, 4.69) is 33.1 Å². The quantitative estimate of drug-likeness (QED) is 0.293. The summed E-state index contributed by atoms with van der Waals surface area (Å²) in [5, 5.41) is 3.47. The van der Waals surface area contributed by atoms with Crippen LogP contribution in [0.25, 0.3) is 0 Å². The molecule has 0 aliphatic carbocycles. The molecule has 0 spiro atoms. The molecule has 1 atom stereocenters. The molecule has 0 bridgehead atoms. The number of nitrogens with zero attached hydrogens (tertiary/aromatic N) is 4. The van der Waals surface area contributed by atoms with Crippen LogP contribution in [0.4, 0.5) is 0 Å². The summed E-state index contributed by atoms with van der Waals surface area (Å²) in [6, 6.07) is 5.98. The minimum Gasteiger partial charge on any atom is -0.493 e. The van der Waals surface area contributed by atoms with E-state index in [1.54, 1.807) is 7.11 Å². The standard InChI is InChI=1S/C24H39N5O3.HI/c1-5-16-32-21-9-8-20(17-22(21)31-4)18-26-24(25-3)29-14-12-27(13-15-29)19(2)23(30)28-10-6-7-11-28;/h8-9,17,19H,5-7,10-16,18H2,1-4H3,(H,25,26);1H. The van der Waals surface area contributed by atoms with E-state index in [1.807, 2.05) is 31.0 Å². The van der Waals surface area contributed by atoms with Crippen LogP contribution in [0.2, 0.25) is 0 Å². The van der Waals surface area contributed by atoms with Gasteiger partial charge in [-0.25, -0.2) is 0 Å². The summed E-state index contributed by atoms with van der Waals surface area (Å²) in [6.07, 6.45) is 3.23. The number of likely N-dealkylation sites (tertiary alicyclic amines) is 1. The van der Waals surface area contributed by atoms with Gasteiger partial charge in [-0.2, -0.15) is 0 Å². The smallest absolute Gasteiger partial charge is 0.239 e. The number of hydrogen-bond donors (Lipinski definition) is 1. The first kappa shape index (κ1) is 27.5. The molecule has 33 heavy (non-hydrogen) atoms. The Morgan fingerprint density at radius 2 is 1.79 bits per heavy atom. The fraction of sp³-hybridized carbons (Fsp3) is 0.667. The number of carbonyl (C=O) groups is 1. The maximum Gasteiger partial charge on any atom is 0.239 e. The van der Waals surface area contributed by atoms with Gasteiger partial charge in [-0.1, -0.05) is 13.0 Å². The maximum atomic E-state index is 12.7. The minimum absolute atomic E-state index is 0. The first-order valence-corrected chi connectivity index (χ1v) is 11.9. The van der Waals surface area contributed by atoms with E-state index in [0.717, 1.165) is 81.6 Å². The molecule has 3 rings (SSSR count). The highest BCUT2D eigenvalue weighted by atomic mass is 127. The van der Waals surface area contributed by atoms with Crippen molar-refractivity contribution in [3.8, 4) is 11.5 Å². The summed E-state index contributed by atoms with van der Waals surface area (Å²) in [5.41, 5.74) is 1.11. The van der Waals surface area contributed by atoms with Crippen LogP contribution >= 0.6 is 24.0 Å². The van der Waals surface area contributed by atoms with Crippen LogP contribution in [0.3, 0.4) is 0 Å². The summed E-state index contributed by atoms with van der Waals surface area (Å²) < 4.78 is 11.2. The molecule has 0 aromatic heterocycles. The number of carbonyl (C=O) groups excluding carboxylic acids is 1. The van der Waals surface area contributed by atoms with Gasteiger partial charge in [0.15, 0.2) is 17.5 Å². The van der Waals surface area contributed by atoms with Crippen molar-refractivity contribution in [1.29, 1.82) is 0 Å². The Bertz CT molecular complexity index is 777. The molecular formula is C24H40IN5O3. The predicted octanol–water partition coefficient (Wildman–Crippen LogP) is 2.81. The molecule has 2 heterocycles. The molecule has 1 aromatic rings. The van der Waals surface area contributed by atoms with E-state index in [-0.39, 0.29) is 35.9 Å². The molecule has 8 nitrogen and oxygen atoms in total. The van der Waals surface area contributed by atoms with Crippen molar-refractivity contribution >= 4 is 35.8 Å². The van der Waals surface area contributed by atoms with Crippen LogP contribution in [-0.4, -0.2) is 92.6 Å². The number of ether oxygens (including phenoxy) is 2. The van der Waals surface area contributed by atoms with Crippen molar-refractivity contribution in [3.63, 3.8) is 0 Å². The predicted molar refractivity (Wildman–Crippen MR) is 143 cm³/mol. The number of nitrogens with one attached hydrogen (secondary N) is 1. The molecule has 9 heteroatoms. The second-order valence-corrected chi connectivity index (χ2v) is 8.47. The van der Waals surface area contributed by atoms with E-state index in [0.29, 0.717) is 13.2 Å². The first-order valence-electron chi connectivity index (χ1n) is 11.9. The van der Waals surface area contributed by atoms with Gasteiger partial charge < -0.3 is 24.6 Å². The lowest BCUT2D eigenvalue weighted by Gasteiger charge is -2.39. The normalized spacial score (nSPS) is 18.0. The summed E-state index contributed by atoms with van der Waals surface area (Å²) in [7, 11) is 3.48. The zero-order chi connectivity index (χ0) is 22.9. The Morgan fingerprint density at radius 3 is 2.39 bits per heavy atom. The van der Waals surface area contributed by atoms with Crippen molar-refractivity contribution in [2.75, 3.05) is 60.0 Å². The lowest BCUT2D eigenvalue weighted by Crippen LogP contribution is -2.57. The molecular weight excluding hydrogens is 533 g/mol. The van der Waals surface area contributed by atoms with Gasteiger partial charge in [-0.15, -0.1) is 24.0 Å². The number of amides is 1. The van der Waals surface area contributed by atoms with E-state index in [4.69, 9.17) is 9.47 Å². The number of aliphatic imine (C=N–C) groups is 1. The maximum absolute atomic E-state index is 12.7. The van der Waals surface area contributed by atoms with Crippen LogP contribution in [0.15, 0.2) is 23.2 Å². The van der Waals surface area contributed by atoms with Gasteiger partial charge in [0.1, 0.15) is 0 Å². The highest BCUT2D eigenvalue weighted by molar-refractivity contribution is 14.0. The fourth-order valence-corrected chi connectivity index (χ4v) is 4.35. The molecule has 0 saturated carbocycles. The second-order valence-electron chi connectivity index (χ2n) is 8.47. The van der Waals surface area contributed by atoms with E-state index < -0.39 is 0 Å². The van der Waals surface area contributed by atoms with E-state index in [1.165, 1.54) is 0 Å². The summed E-state index contributed by atoms with van der Waals surface area (Å²) in [6.45, 7) is 10.7. The third-order valence-electron chi connectivity index (χ3n) is 6.29. The number of rotatable bonds is 8. The Morgan fingerprint density at radius 1 is 1.09 bits per heavy atom. The number of benzene rings is 1. The topological polar surface area (TPSA) is 69.6 Å².